The van der Waals surface area contributed by atoms with E-state index in [-0.39, 0.29) is 45.9 Å². The van der Waals surface area contributed by atoms with Gasteiger partial charge in [0.15, 0.2) is 6.10 Å². The molecule has 2 bridgehead atoms. The fourth-order valence-electron chi connectivity index (χ4n) is 8.30. The minimum Gasteiger partial charge on any atom is -0.451 e. The molecule has 206 valence electrons. The van der Waals surface area contributed by atoms with Gasteiger partial charge in [-0.05, 0) is 66.2 Å². The second-order valence-electron chi connectivity index (χ2n) is 12.5. The molecule has 0 radical (unpaired) electrons. The number of ether oxygens (including phenoxy) is 1. The molecule has 0 aliphatic heterocycles. The molecule has 2 fully saturated rings. The van der Waals surface area contributed by atoms with Crippen LogP contribution in [-0.4, -0.2) is 62.8 Å². The third-order valence-corrected chi connectivity index (χ3v) is 10.2. The van der Waals surface area contributed by atoms with E-state index in [0.717, 1.165) is 6.42 Å². The lowest BCUT2D eigenvalue weighted by atomic mass is 9.58. The number of amides is 1. The Labute approximate surface area is 223 Å². The van der Waals surface area contributed by atoms with E-state index in [9.17, 15) is 30.0 Å². The molecule has 0 aromatic heterocycles. The van der Waals surface area contributed by atoms with Crippen LogP contribution in [0.25, 0.3) is 0 Å². The molecule has 8 nitrogen and oxygen atoms in total. The Kier molecular flexibility index (Phi) is 6.23. The summed E-state index contributed by atoms with van der Waals surface area (Å²) >= 11 is 0. The second kappa shape index (κ2) is 8.74. The van der Waals surface area contributed by atoms with Crippen LogP contribution in [0.4, 0.5) is 5.69 Å². The summed E-state index contributed by atoms with van der Waals surface area (Å²) in [6, 6.07) is 5.03. The molecule has 5 rings (SSSR count). The number of aliphatic hydroxyl groups is 4. The monoisotopic (exact) mass is 525 g/mol. The molecule has 9 atom stereocenters. The molecule has 8 heteroatoms. The van der Waals surface area contributed by atoms with Crippen LogP contribution in [0.2, 0.25) is 0 Å². The van der Waals surface area contributed by atoms with E-state index in [2.05, 4.69) is 19.2 Å². The molecule has 4 aliphatic carbocycles. The minimum atomic E-state index is -2.12. The summed E-state index contributed by atoms with van der Waals surface area (Å²) in [6.45, 7) is 10.6. The van der Waals surface area contributed by atoms with Crippen molar-refractivity contribution in [1.29, 1.82) is 0 Å². The van der Waals surface area contributed by atoms with Crippen LogP contribution >= 0.6 is 0 Å². The predicted molar refractivity (Wildman–Crippen MR) is 141 cm³/mol. The number of anilines is 1. The van der Waals surface area contributed by atoms with Crippen molar-refractivity contribution in [3.05, 3.63) is 52.6 Å². The van der Waals surface area contributed by atoms with Crippen LogP contribution in [0.5, 0.6) is 0 Å². The molecule has 1 aromatic rings. The summed E-state index contributed by atoms with van der Waals surface area (Å²) in [6.07, 6.45) is 0.349. The fourth-order valence-corrected chi connectivity index (χ4v) is 8.30. The fraction of sp³-hybridized carbons (Fsp3) is 0.600. The average molecular weight is 526 g/mol. The number of hydrogen-bond acceptors (Lipinski definition) is 7. The van der Waals surface area contributed by atoms with Gasteiger partial charge >= 0.3 is 5.97 Å². The maximum Gasteiger partial charge on any atom is 0.341 e. The molecule has 2 saturated carbocycles. The number of nitrogens with one attached hydrogen (secondary N) is 1. The highest BCUT2D eigenvalue weighted by Gasteiger charge is 2.76. The first-order valence-electron chi connectivity index (χ1n) is 13.4. The van der Waals surface area contributed by atoms with E-state index < -0.39 is 41.9 Å². The molecule has 1 spiro atoms. The van der Waals surface area contributed by atoms with Crippen molar-refractivity contribution in [2.24, 2.45) is 34.5 Å². The van der Waals surface area contributed by atoms with Gasteiger partial charge in [-0.2, -0.15) is 0 Å². The van der Waals surface area contributed by atoms with Gasteiger partial charge in [0.05, 0.1) is 29.4 Å². The largest absolute Gasteiger partial charge is 0.451 e. The van der Waals surface area contributed by atoms with Gasteiger partial charge in [-0.3, -0.25) is 4.79 Å². The highest BCUT2D eigenvalue weighted by Crippen LogP contribution is 2.72. The summed E-state index contributed by atoms with van der Waals surface area (Å²) in [5, 5.41) is 49.3. The van der Waals surface area contributed by atoms with Crippen LogP contribution in [0.1, 0.15) is 57.0 Å². The number of benzene rings is 1. The van der Waals surface area contributed by atoms with Gasteiger partial charge in [-0.25, -0.2) is 4.79 Å². The molecular formula is C30H39NO7. The van der Waals surface area contributed by atoms with Crippen LogP contribution in [0, 0.1) is 41.4 Å². The minimum absolute atomic E-state index is 0.0137. The number of carbonyl (C=O) groups excluding carboxylic acids is 2. The standard InChI is InChI=1S/C30H39NO7/c1-14-8-7-9-21(31-17(4)33)22(14)27(36)38-26-15(2)12-29-16(3)10-20-23(28(20,5)6)19(25(29)35)11-18(13-32)24(34)30(26,29)37/h7-9,11-12,16,19-20,23-26,32,34-35,37H,10,13H2,1-6H3,(H,31,33). The number of esters is 1. The van der Waals surface area contributed by atoms with Crippen LogP contribution in [0.15, 0.2) is 41.5 Å². The predicted octanol–water partition coefficient (Wildman–Crippen LogP) is 2.74. The van der Waals surface area contributed by atoms with Crippen LogP contribution < -0.4 is 5.32 Å². The van der Waals surface area contributed by atoms with E-state index >= 15 is 0 Å². The Hall–Kier alpha value is -2.52. The van der Waals surface area contributed by atoms with Gasteiger partial charge in [0.2, 0.25) is 5.91 Å². The van der Waals surface area contributed by atoms with Crippen LogP contribution in [-0.2, 0) is 9.53 Å². The Balaban J connectivity index is 1.62. The number of aryl methyl sites for hydroxylation is 1. The lowest BCUT2D eigenvalue weighted by Crippen LogP contribution is -2.66. The van der Waals surface area contributed by atoms with E-state index in [1.165, 1.54) is 6.92 Å². The summed E-state index contributed by atoms with van der Waals surface area (Å²) in [5.41, 5.74) is -1.70. The van der Waals surface area contributed by atoms with Gasteiger partial charge in [-0.1, -0.05) is 45.1 Å². The maximum absolute atomic E-state index is 13.7. The molecule has 5 N–H and O–H groups in total. The second-order valence-corrected chi connectivity index (χ2v) is 12.5. The number of aliphatic hydroxyl groups excluding tert-OH is 3. The third-order valence-electron chi connectivity index (χ3n) is 10.2. The van der Waals surface area contributed by atoms with Gasteiger partial charge in [0, 0.05) is 12.8 Å². The summed E-state index contributed by atoms with van der Waals surface area (Å²) < 4.78 is 6.02. The van der Waals surface area contributed by atoms with Crippen LogP contribution in [0.3, 0.4) is 0 Å². The summed E-state index contributed by atoms with van der Waals surface area (Å²) in [5.74, 6) is -1.30. The number of rotatable bonds is 4. The Bertz CT molecular complexity index is 1250. The van der Waals surface area contributed by atoms with Crippen molar-refractivity contribution in [3.8, 4) is 0 Å². The van der Waals surface area contributed by atoms with Gasteiger partial charge in [0.1, 0.15) is 11.7 Å². The van der Waals surface area contributed by atoms with Gasteiger partial charge < -0.3 is 30.5 Å². The average Bonchev–Trinajstić information content (AvgIpc) is 3.32. The summed E-state index contributed by atoms with van der Waals surface area (Å²) in [7, 11) is 0. The number of fused-ring (bicyclic) bond motifs is 3. The zero-order chi connectivity index (χ0) is 27.9. The van der Waals surface area contributed by atoms with Crippen molar-refractivity contribution in [2.45, 2.75) is 71.9 Å². The third kappa shape index (κ3) is 3.43. The van der Waals surface area contributed by atoms with E-state index in [4.69, 9.17) is 4.74 Å². The lowest BCUT2D eigenvalue weighted by molar-refractivity contribution is -0.215. The van der Waals surface area contributed by atoms with Crippen molar-refractivity contribution in [3.63, 3.8) is 0 Å². The van der Waals surface area contributed by atoms with Crippen molar-refractivity contribution >= 4 is 17.6 Å². The zero-order valence-electron chi connectivity index (χ0n) is 22.9. The Morgan fingerprint density at radius 2 is 1.87 bits per heavy atom. The van der Waals surface area contributed by atoms with Gasteiger partial charge in [0.25, 0.3) is 0 Å². The molecule has 1 aromatic carbocycles. The molecule has 0 saturated heterocycles. The molecular weight excluding hydrogens is 486 g/mol. The smallest absolute Gasteiger partial charge is 0.341 e. The lowest BCUT2D eigenvalue weighted by Gasteiger charge is -2.52. The first-order chi connectivity index (χ1) is 17.7. The number of hydrogen-bond donors (Lipinski definition) is 5. The molecule has 4 aliphatic rings. The van der Waals surface area contributed by atoms with E-state index in [1.807, 2.05) is 6.92 Å². The van der Waals surface area contributed by atoms with E-state index in [0.29, 0.717) is 17.1 Å². The number of carbonyl (C=O) groups is 2. The van der Waals surface area contributed by atoms with Gasteiger partial charge in [-0.15, -0.1) is 0 Å². The highest BCUT2D eigenvalue weighted by atomic mass is 16.6. The topological polar surface area (TPSA) is 136 Å². The Morgan fingerprint density at radius 3 is 2.50 bits per heavy atom. The molecule has 0 heterocycles. The maximum atomic E-state index is 13.7. The normalized spacial score (nSPS) is 40.5. The zero-order valence-corrected chi connectivity index (χ0v) is 22.9. The Morgan fingerprint density at radius 1 is 1.18 bits per heavy atom. The molecule has 38 heavy (non-hydrogen) atoms. The van der Waals surface area contributed by atoms with Crippen molar-refractivity contribution in [2.75, 3.05) is 11.9 Å². The molecule has 9 unspecified atom stereocenters. The SMILES string of the molecule is CC(=O)Nc1cccc(C)c1C(=O)OC1C(C)=CC23C(C)CC4C(C(C=C(CO)C(O)C12O)C3O)C4(C)C. The molecule has 1 amide bonds. The first-order valence-corrected chi connectivity index (χ1v) is 13.4. The first kappa shape index (κ1) is 27.1. The summed E-state index contributed by atoms with van der Waals surface area (Å²) in [4.78, 5) is 25.4. The van der Waals surface area contributed by atoms with Crippen molar-refractivity contribution < 1.29 is 34.8 Å². The highest BCUT2D eigenvalue weighted by molar-refractivity contribution is 6.02. The van der Waals surface area contributed by atoms with Crippen molar-refractivity contribution in [1.82, 2.24) is 0 Å². The van der Waals surface area contributed by atoms with E-state index in [1.54, 1.807) is 44.2 Å². The quantitative estimate of drug-likeness (QED) is 0.301.